The van der Waals surface area contributed by atoms with Gasteiger partial charge in [0.2, 0.25) is 11.8 Å². The minimum Gasteiger partial charge on any atom is -0.444 e. The van der Waals surface area contributed by atoms with E-state index in [2.05, 4.69) is 17.6 Å². The molecular formula is C28H47N3O5. The highest BCUT2D eigenvalue weighted by molar-refractivity contribution is 5.92. The fourth-order valence-electron chi connectivity index (χ4n) is 4.14. The normalized spacial score (nSPS) is 13.2. The molecule has 0 heterocycles. The van der Waals surface area contributed by atoms with Crippen molar-refractivity contribution in [2.24, 2.45) is 5.92 Å². The summed E-state index contributed by atoms with van der Waals surface area (Å²) in [5.74, 6) is -0.651. The van der Waals surface area contributed by atoms with Crippen LogP contribution in [0.3, 0.4) is 0 Å². The molecule has 0 aliphatic carbocycles. The van der Waals surface area contributed by atoms with Gasteiger partial charge in [-0.3, -0.25) is 9.59 Å². The molecule has 1 aromatic carbocycles. The molecule has 0 radical (unpaired) electrons. The summed E-state index contributed by atoms with van der Waals surface area (Å²) in [7, 11) is 0. The molecule has 0 bridgehead atoms. The first-order chi connectivity index (χ1) is 16.8. The van der Waals surface area contributed by atoms with Crippen molar-refractivity contribution in [1.29, 1.82) is 0 Å². The summed E-state index contributed by atoms with van der Waals surface area (Å²) in [5.41, 5.74) is 1.88. The predicted molar refractivity (Wildman–Crippen MR) is 143 cm³/mol. The number of unbranched alkanes of at least 4 members (excludes halogenated alkanes) is 2. The van der Waals surface area contributed by atoms with Crippen LogP contribution in [0, 0.1) is 19.8 Å². The fraction of sp³-hybridized carbons (Fsp3) is 0.679. The lowest BCUT2D eigenvalue weighted by Crippen LogP contribution is -2.54. The van der Waals surface area contributed by atoms with Crippen LogP contribution in [0.4, 0.5) is 4.79 Å². The maximum Gasteiger partial charge on any atom is 0.408 e. The number of alkyl carbamates (subject to hydrolysis) is 1. The Morgan fingerprint density at radius 3 is 2.17 bits per heavy atom. The molecule has 0 aliphatic heterocycles. The van der Waals surface area contributed by atoms with Gasteiger partial charge in [-0.1, -0.05) is 62.9 Å². The summed E-state index contributed by atoms with van der Waals surface area (Å²) < 4.78 is 5.39. The van der Waals surface area contributed by atoms with E-state index in [1.54, 1.807) is 20.8 Å². The largest absolute Gasteiger partial charge is 0.444 e. The number of carbonyl (C=O) groups excluding carboxylic acids is 3. The standard InChI is InChI=1S/C28H47N3O5/c1-9-10-11-12-29-25(33)24(22-17-20(4)16-21(5)18-22)31(13-14-32)26(34)23(15-19(2)3)30-27(35)36-28(6,7)8/h16-19,23-24,32H,9-15H2,1-8H3,(H,29,33)(H,30,35). The summed E-state index contributed by atoms with van der Waals surface area (Å²) in [6.07, 6.45) is 2.52. The van der Waals surface area contributed by atoms with Crippen LogP contribution < -0.4 is 10.6 Å². The van der Waals surface area contributed by atoms with Gasteiger partial charge in [0.05, 0.1) is 6.61 Å². The molecule has 1 rings (SSSR count). The molecule has 2 atom stereocenters. The molecule has 0 saturated heterocycles. The first-order valence-electron chi connectivity index (χ1n) is 13.1. The minimum absolute atomic E-state index is 0.0521. The van der Waals surface area contributed by atoms with E-state index in [9.17, 15) is 19.5 Å². The molecule has 8 heteroatoms. The molecule has 0 saturated carbocycles. The Hall–Kier alpha value is -2.61. The molecule has 3 amide bonds. The van der Waals surface area contributed by atoms with Crippen molar-refractivity contribution in [3.8, 4) is 0 Å². The molecule has 0 aliphatic rings. The van der Waals surface area contributed by atoms with Gasteiger partial charge in [0.15, 0.2) is 0 Å². The number of hydrogen-bond acceptors (Lipinski definition) is 5. The Bertz CT molecular complexity index is 843. The van der Waals surface area contributed by atoms with E-state index in [-0.39, 0.29) is 25.0 Å². The first-order valence-corrected chi connectivity index (χ1v) is 13.1. The average Bonchev–Trinajstić information content (AvgIpc) is 2.73. The van der Waals surface area contributed by atoms with E-state index in [0.29, 0.717) is 18.5 Å². The van der Waals surface area contributed by atoms with Gasteiger partial charge < -0.3 is 25.4 Å². The topological polar surface area (TPSA) is 108 Å². The van der Waals surface area contributed by atoms with E-state index < -0.39 is 29.7 Å². The van der Waals surface area contributed by atoms with Crippen LogP contribution in [-0.2, 0) is 14.3 Å². The number of ether oxygens (including phenoxy) is 1. The molecule has 1 aromatic rings. The maximum atomic E-state index is 13.9. The maximum absolute atomic E-state index is 13.9. The van der Waals surface area contributed by atoms with Crippen molar-refractivity contribution in [2.75, 3.05) is 19.7 Å². The Balaban J connectivity index is 3.41. The third-order valence-electron chi connectivity index (χ3n) is 5.52. The summed E-state index contributed by atoms with van der Waals surface area (Å²) >= 11 is 0. The van der Waals surface area contributed by atoms with Gasteiger partial charge in [-0.05, 0) is 58.9 Å². The van der Waals surface area contributed by atoms with Gasteiger partial charge in [0.1, 0.15) is 17.7 Å². The summed E-state index contributed by atoms with van der Waals surface area (Å²) in [6, 6.07) is 3.93. The number of nitrogens with one attached hydrogen (secondary N) is 2. The van der Waals surface area contributed by atoms with Crippen molar-refractivity contribution in [3.63, 3.8) is 0 Å². The number of amides is 3. The quantitative estimate of drug-likeness (QED) is 0.344. The van der Waals surface area contributed by atoms with Crippen molar-refractivity contribution in [2.45, 2.75) is 98.8 Å². The van der Waals surface area contributed by atoms with Crippen molar-refractivity contribution in [3.05, 3.63) is 34.9 Å². The number of hydrogen-bond donors (Lipinski definition) is 3. The highest BCUT2D eigenvalue weighted by Crippen LogP contribution is 2.26. The highest BCUT2D eigenvalue weighted by Gasteiger charge is 2.36. The Kier molecular flexibility index (Phi) is 12.9. The second-order valence-corrected chi connectivity index (χ2v) is 10.9. The monoisotopic (exact) mass is 505 g/mol. The van der Waals surface area contributed by atoms with Crippen molar-refractivity contribution >= 4 is 17.9 Å². The molecule has 8 nitrogen and oxygen atoms in total. The number of aliphatic hydroxyl groups is 1. The zero-order valence-electron chi connectivity index (χ0n) is 23.4. The highest BCUT2D eigenvalue weighted by atomic mass is 16.6. The van der Waals surface area contributed by atoms with Crippen LogP contribution in [0.25, 0.3) is 0 Å². The molecule has 2 unspecified atom stereocenters. The average molecular weight is 506 g/mol. The van der Waals surface area contributed by atoms with Crippen LogP contribution in [0.5, 0.6) is 0 Å². The van der Waals surface area contributed by atoms with Crippen LogP contribution in [0.1, 0.15) is 90.0 Å². The second kappa shape index (κ2) is 14.8. The lowest BCUT2D eigenvalue weighted by molar-refractivity contribution is -0.143. The Labute approximate surface area is 217 Å². The molecule has 0 aromatic heterocycles. The summed E-state index contributed by atoms with van der Waals surface area (Å²) in [5, 5.41) is 15.6. The van der Waals surface area contributed by atoms with E-state index >= 15 is 0 Å². The van der Waals surface area contributed by atoms with E-state index in [1.165, 1.54) is 4.90 Å². The number of rotatable bonds is 13. The SMILES string of the molecule is CCCCCNC(=O)C(c1cc(C)cc(C)c1)N(CCO)C(=O)C(CC(C)C)NC(=O)OC(C)(C)C. The zero-order chi connectivity index (χ0) is 27.5. The molecule has 0 spiro atoms. The molecular weight excluding hydrogens is 458 g/mol. The molecule has 36 heavy (non-hydrogen) atoms. The van der Waals surface area contributed by atoms with Gasteiger partial charge >= 0.3 is 6.09 Å². The van der Waals surface area contributed by atoms with Gasteiger partial charge in [-0.25, -0.2) is 4.79 Å². The van der Waals surface area contributed by atoms with E-state index in [4.69, 9.17) is 4.74 Å². The zero-order valence-corrected chi connectivity index (χ0v) is 23.4. The number of nitrogens with zero attached hydrogens (tertiary/aromatic N) is 1. The lowest BCUT2D eigenvalue weighted by atomic mass is 9.97. The van der Waals surface area contributed by atoms with Crippen LogP contribution >= 0.6 is 0 Å². The van der Waals surface area contributed by atoms with Gasteiger partial charge in [0, 0.05) is 13.1 Å². The minimum atomic E-state index is -0.944. The van der Waals surface area contributed by atoms with Crippen LogP contribution in [0.15, 0.2) is 18.2 Å². The number of carbonyl (C=O) groups is 3. The van der Waals surface area contributed by atoms with E-state index in [0.717, 1.165) is 30.4 Å². The summed E-state index contributed by atoms with van der Waals surface area (Å²) in [4.78, 5) is 41.4. The smallest absolute Gasteiger partial charge is 0.408 e. The lowest BCUT2D eigenvalue weighted by Gasteiger charge is -2.34. The third-order valence-corrected chi connectivity index (χ3v) is 5.52. The Morgan fingerprint density at radius 1 is 1.06 bits per heavy atom. The molecule has 204 valence electrons. The Morgan fingerprint density at radius 2 is 1.67 bits per heavy atom. The van der Waals surface area contributed by atoms with Crippen LogP contribution in [0.2, 0.25) is 0 Å². The summed E-state index contributed by atoms with van der Waals surface area (Å²) in [6.45, 7) is 15.3. The molecule has 3 N–H and O–H groups in total. The van der Waals surface area contributed by atoms with Gasteiger partial charge in [0.25, 0.3) is 0 Å². The van der Waals surface area contributed by atoms with Gasteiger partial charge in [-0.2, -0.15) is 0 Å². The molecule has 0 fully saturated rings. The van der Waals surface area contributed by atoms with Crippen molar-refractivity contribution < 1.29 is 24.2 Å². The number of aliphatic hydroxyl groups excluding tert-OH is 1. The third kappa shape index (κ3) is 11.0. The number of benzene rings is 1. The first kappa shape index (κ1) is 31.4. The van der Waals surface area contributed by atoms with E-state index in [1.807, 2.05) is 45.9 Å². The van der Waals surface area contributed by atoms with Gasteiger partial charge in [-0.15, -0.1) is 0 Å². The predicted octanol–water partition coefficient (Wildman–Crippen LogP) is 4.41. The number of aryl methyl sites for hydroxylation is 2. The van der Waals surface area contributed by atoms with Crippen molar-refractivity contribution in [1.82, 2.24) is 15.5 Å². The second-order valence-electron chi connectivity index (χ2n) is 10.9. The van der Waals surface area contributed by atoms with Crippen LogP contribution in [-0.4, -0.2) is 59.3 Å². The fourth-order valence-corrected chi connectivity index (χ4v) is 4.14.